The molecule has 0 saturated carbocycles. The molecule has 2 fully saturated rings. The zero-order chi connectivity index (χ0) is 9.26. The van der Waals surface area contributed by atoms with Gasteiger partial charge < -0.3 is 0 Å². The van der Waals surface area contributed by atoms with Gasteiger partial charge in [0.2, 0.25) is 0 Å². The Morgan fingerprint density at radius 3 is 2.77 bits per heavy atom. The van der Waals surface area contributed by atoms with Crippen LogP contribution in [0.4, 0.5) is 0 Å². The number of hydrogen-bond donors (Lipinski definition) is 0. The highest BCUT2D eigenvalue weighted by Gasteiger charge is 2.34. The van der Waals surface area contributed by atoms with Crippen LogP contribution >= 0.6 is 0 Å². The topological polar surface area (TPSA) is 50.8 Å². The standard InChI is InChI=1S/C10H11N3/c11-6-8(7-12)9-3-5-13-4-1-2-10(9)13/h10H,1-5H2. The first-order valence-electron chi connectivity index (χ1n) is 4.64. The fourth-order valence-electron chi connectivity index (χ4n) is 2.38. The molecule has 3 heteroatoms. The molecule has 2 saturated heterocycles. The minimum atomic E-state index is 0.356. The summed E-state index contributed by atoms with van der Waals surface area (Å²) in [5.41, 5.74) is 1.44. The lowest BCUT2D eigenvalue weighted by Crippen LogP contribution is -2.22. The van der Waals surface area contributed by atoms with Crippen molar-refractivity contribution in [3.05, 3.63) is 11.1 Å². The first-order chi connectivity index (χ1) is 6.36. The monoisotopic (exact) mass is 173 g/mol. The van der Waals surface area contributed by atoms with E-state index >= 15 is 0 Å². The Hall–Kier alpha value is -1.32. The lowest BCUT2D eigenvalue weighted by molar-refractivity contribution is 0.338. The summed E-state index contributed by atoms with van der Waals surface area (Å²) in [5.74, 6) is 0. The van der Waals surface area contributed by atoms with Crippen LogP contribution in [-0.2, 0) is 0 Å². The molecule has 1 unspecified atom stereocenters. The smallest absolute Gasteiger partial charge is 0.130 e. The molecule has 2 heterocycles. The molecule has 0 bridgehead atoms. The van der Waals surface area contributed by atoms with Gasteiger partial charge in [-0.25, -0.2) is 0 Å². The van der Waals surface area contributed by atoms with Crippen molar-refractivity contribution in [3.63, 3.8) is 0 Å². The highest BCUT2D eigenvalue weighted by molar-refractivity contribution is 5.43. The predicted octanol–water partition coefficient (Wildman–Crippen LogP) is 1.20. The first-order valence-corrected chi connectivity index (χ1v) is 4.64. The molecule has 0 aromatic heterocycles. The van der Waals surface area contributed by atoms with E-state index in [2.05, 4.69) is 4.90 Å². The van der Waals surface area contributed by atoms with Crippen LogP contribution in [0.15, 0.2) is 11.1 Å². The second-order valence-corrected chi connectivity index (χ2v) is 3.57. The van der Waals surface area contributed by atoms with Gasteiger partial charge >= 0.3 is 0 Å². The molecule has 0 N–H and O–H groups in total. The summed E-state index contributed by atoms with van der Waals surface area (Å²) < 4.78 is 0. The molecule has 0 aromatic carbocycles. The molecule has 2 rings (SSSR count). The largest absolute Gasteiger partial charge is 0.296 e. The average molecular weight is 173 g/mol. The summed E-state index contributed by atoms with van der Waals surface area (Å²) in [6.45, 7) is 2.17. The van der Waals surface area contributed by atoms with Gasteiger partial charge in [-0.1, -0.05) is 0 Å². The van der Waals surface area contributed by atoms with Gasteiger partial charge in [-0.05, 0) is 31.4 Å². The second kappa shape index (κ2) is 3.20. The summed E-state index contributed by atoms with van der Waals surface area (Å²) in [6, 6.07) is 4.41. The molecule has 3 nitrogen and oxygen atoms in total. The minimum absolute atomic E-state index is 0.356. The Balaban J connectivity index is 2.32. The molecule has 13 heavy (non-hydrogen) atoms. The van der Waals surface area contributed by atoms with E-state index in [1.165, 1.54) is 6.42 Å². The number of nitriles is 2. The van der Waals surface area contributed by atoms with E-state index in [0.717, 1.165) is 31.5 Å². The fraction of sp³-hybridized carbons (Fsp3) is 0.600. The van der Waals surface area contributed by atoms with Crippen LogP contribution in [0.1, 0.15) is 19.3 Å². The van der Waals surface area contributed by atoms with Gasteiger partial charge in [-0.3, -0.25) is 4.90 Å². The molecule has 2 aliphatic rings. The van der Waals surface area contributed by atoms with Crippen molar-refractivity contribution in [1.82, 2.24) is 4.90 Å². The zero-order valence-corrected chi connectivity index (χ0v) is 7.45. The third-order valence-corrected chi connectivity index (χ3v) is 2.98. The van der Waals surface area contributed by atoms with Crippen molar-refractivity contribution in [2.75, 3.05) is 13.1 Å². The lowest BCUT2D eigenvalue weighted by atomic mass is 10.0. The van der Waals surface area contributed by atoms with Crippen LogP contribution in [-0.4, -0.2) is 24.0 Å². The fourth-order valence-corrected chi connectivity index (χ4v) is 2.38. The Morgan fingerprint density at radius 1 is 1.31 bits per heavy atom. The van der Waals surface area contributed by atoms with Gasteiger partial charge in [-0.15, -0.1) is 0 Å². The van der Waals surface area contributed by atoms with Crippen LogP contribution < -0.4 is 0 Å². The SMILES string of the molecule is N#CC(C#N)=C1CCN2CCCC12. The molecule has 0 radical (unpaired) electrons. The van der Waals surface area contributed by atoms with E-state index in [4.69, 9.17) is 10.5 Å². The summed E-state index contributed by atoms with van der Waals surface area (Å²) >= 11 is 0. The van der Waals surface area contributed by atoms with Gasteiger partial charge in [0.25, 0.3) is 0 Å². The van der Waals surface area contributed by atoms with Gasteiger partial charge in [0, 0.05) is 12.6 Å². The Morgan fingerprint density at radius 2 is 2.08 bits per heavy atom. The van der Waals surface area contributed by atoms with Crippen LogP contribution in [0, 0.1) is 22.7 Å². The maximum absolute atomic E-state index is 8.76. The molecule has 2 aliphatic heterocycles. The number of nitrogens with zero attached hydrogens (tertiary/aromatic N) is 3. The zero-order valence-electron chi connectivity index (χ0n) is 7.45. The number of rotatable bonds is 0. The predicted molar refractivity (Wildman–Crippen MR) is 47.5 cm³/mol. The molecule has 1 atom stereocenters. The third-order valence-electron chi connectivity index (χ3n) is 2.98. The van der Waals surface area contributed by atoms with Gasteiger partial charge in [0.15, 0.2) is 0 Å². The summed E-state index contributed by atoms with van der Waals surface area (Å²) in [4.78, 5) is 2.38. The molecular weight excluding hydrogens is 162 g/mol. The van der Waals surface area contributed by atoms with E-state index in [1.807, 2.05) is 12.1 Å². The van der Waals surface area contributed by atoms with E-state index in [9.17, 15) is 0 Å². The number of allylic oxidation sites excluding steroid dienone is 1. The van der Waals surface area contributed by atoms with Crippen LogP contribution in [0.3, 0.4) is 0 Å². The molecule has 66 valence electrons. The van der Waals surface area contributed by atoms with Gasteiger partial charge in [0.05, 0.1) is 0 Å². The van der Waals surface area contributed by atoms with E-state index < -0.39 is 0 Å². The van der Waals surface area contributed by atoms with Crippen molar-refractivity contribution < 1.29 is 0 Å². The molecule has 0 spiro atoms. The average Bonchev–Trinajstić information content (AvgIpc) is 2.70. The Labute approximate surface area is 77.9 Å². The minimum Gasteiger partial charge on any atom is -0.296 e. The normalized spacial score (nSPS) is 26.6. The summed E-state index contributed by atoms with van der Waals surface area (Å²) in [7, 11) is 0. The van der Waals surface area contributed by atoms with Crippen LogP contribution in [0.5, 0.6) is 0 Å². The van der Waals surface area contributed by atoms with Crippen molar-refractivity contribution in [2.24, 2.45) is 0 Å². The van der Waals surface area contributed by atoms with Crippen molar-refractivity contribution >= 4 is 0 Å². The van der Waals surface area contributed by atoms with Gasteiger partial charge in [0.1, 0.15) is 17.7 Å². The van der Waals surface area contributed by atoms with E-state index in [-0.39, 0.29) is 0 Å². The van der Waals surface area contributed by atoms with E-state index in [1.54, 1.807) is 0 Å². The highest BCUT2D eigenvalue weighted by atomic mass is 15.2. The Bertz CT molecular complexity index is 313. The molecule has 0 aromatic rings. The number of hydrogen-bond acceptors (Lipinski definition) is 3. The number of fused-ring (bicyclic) bond motifs is 1. The maximum atomic E-state index is 8.76. The quantitative estimate of drug-likeness (QED) is 0.517. The van der Waals surface area contributed by atoms with Crippen molar-refractivity contribution in [2.45, 2.75) is 25.3 Å². The van der Waals surface area contributed by atoms with Gasteiger partial charge in [-0.2, -0.15) is 10.5 Å². The molecular formula is C10H11N3. The van der Waals surface area contributed by atoms with Crippen molar-refractivity contribution in [1.29, 1.82) is 10.5 Å². The van der Waals surface area contributed by atoms with Crippen LogP contribution in [0.25, 0.3) is 0 Å². The summed E-state index contributed by atoms with van der Waals surface area (Å²) in [6.07, 6.45) is 3.25. The van der Waals surface area contributed by atoms with Crippen LogP contribution in [0.2, 0.25) is 0 Å². The molecule has 0 aliphatic carbocycles. The third kappa shape index (κ3) is 1.22. The maximum Gasteiger partial charge on any atom is 0.130 e. The molecule has 0 amide bonds. The lowest BCUT2D eigenvalue weighted by Gasteiger charge is -2.13. The Kier molecular flexibility index (Phi) is 2.04. The van der Waals surface area contributed by atoms with E-state index in [0.29, 0.717) is 11.6 Å². The van der Waals surface area contributed by atoms with Crippen molar-refractivity contribution in [3.8, 4) is 12.1 Å². The summed E-state index contributed by atoms with van der Waals surface area (Å²) in [5, 5.41) is 17.5. The highest BCUT2D eigenvalue weighted by Crippen LogP contribution is 2.33. The second-order valence-electron chi connectivity index (χ2n) is 3.57. The first kappa shape index (κ1) is 8.29.